The van der Waals surface area contributed by atoms with Gasteiger partial charge in [0.25, 0.3) is 0 Å². The molecule has 0 aliphatic rings. The Hall–Kier alpha value is -2.91. The van der Waals surface area contributed by atoms with Crippen LogP contribution in [0, 0.1) is 17.8 Å². The number of carbonyl (C=O) groups excluding carboxylic acids is 5. The summed E-state index contributed by atoms with van der Waals surface area (Å²) in [5.74, 6) is -5.35. The van der Waals surface area contributed by atoms with Gasteiger partial charge >= 0.3 is 5.97 Å². The van der Waals surface area contributed by atoms with Crippen molar-refractivity contribution in [3.05, 3.63) is 0 Å². The summed E-state index contributed by atoms with van der Waals surface area (Å²) in [5, 5.41) is 22.1. The fraction of sp³-hybridized carbons (Fsp3) is 0.786. The fourth-order valence-corrected chi connectivity index (χ4v) is 4.21. The van der Waals surface area contributed by atoms with Crippen LogP contribution in [0.3, 0.4) is 0 Å². The SMILES string of the molecule is CC[C@H](C)[C@H](N)C(=O)N[C@@H](CCCCN)C(=O)N[C@H](C(=O)N[C@@H](C)C(=O)N[C@H](C(=O)N[C@@H](CS)C(=O)O)C(C)C)C(C)C. The van der Waals surface area contributed by atoms with E-state index < -0.39 is 77.7 Å². The van der Waals surface area contributed by atoms with E-state index in [0.717, 1.165) is 0 Å². The molecule has 7 atom stereocenters. The highest BCUT2D eigenvalue weighted by molar-refractivity contribution is 7.80. The number of amides is 5. The van der Waals surface area contributed by atoms with Gasteiger partial charge in [-0.25, -0.2) is 4.79 Å². The summed E-state index contributed by atoms with van der Waals surface area (Å²) in [6, 6.07) is -6.21. The van der Waals surface area contributed by atoms with Gasteiger partial charge in [-0.05, 0) is 50.5 Å². The molecular weight excluding hydrogens is 578 g/mol. The van der Waals surface area contributed by atoms with Crippen LogP contribution in [0.2, 0.25) is 0 Å². The molecule has 0 aliphatic heterocycles. The van der Waals surface area contributed by atoms with Crippen molar-refractivity contribution >= 4 is 48.1 Å². The quantitative estimate of drug-likeness (QED) is 0.0607. The van der Waals surface area contributed by atoms with Gasteiger partial charge in [-0.15, -0.1) is 0 Å². The number of hydrogen-bond acceptors (Lipinski definition) is 9. The van der Waals surface area contributed by atoms with E-state index in [1.165, 1.54) is 6.92 Å². The summed E-state index contributed by atoms with van der Waals surface area (Å²) in [6.07, 6.45) is 2.18. The number of rotatable bonds is 20. The molecule has 0 heterocycles. The molecule has 15 heteroatoms. The van der Waals surface area contributed by atoms with Gasteiger partial charge in [0.15, 0.2) is 0 Å². The first kappa shape index (κ1) is 40.1. The van der Waals surface area contributed by atoms with Gasteiger partial charge in [-0.2, -0.15) is 12.6 Å². The molecule has 0 saturated carbocycles. The van der Waals surface area contributed by atoms with Crippen LogP contribution in [0.5, 0.6) is 0 Å². The molecule has 0 unspecified atom stereocenters. The van der Waals surface area contributed by atoms with E-state index in [0.29, 0.717) is 32.2 Å². The number of carboxylic acid groups (broad SMARTS) is 1. The predicted octanol–water partition coefficient (Wildman–Crippen LogP) is -0.741. The highest BCUT2D eigenvalue weighted by atomic mass is 32.1. The zero-order valence-electron chi connectivity index (χ0n) is 26.4. The summed E-state index contributed by atoms with van der Waals surface area (Å²) in [7, 11) is 0. The van der Waals surface area contributed by atoms with E-state index in [-0.39, 0.29) is 17.6 Å². The van der Waals surface area contributed by atoms with Crippen molar-refractivity contribution < 1.29 is 33.9 Å². The Morgan fingerprint density at radius 1 is 0.698 bits per heavy atom. The van der Waals surface area contributed by atoms with Gasteiger partial charge in [0.05, 0.1) is 6.04 Å². The first-order chi connectivity index (χ1) is 20.0. The van der Waals surface area contributed by atoms with Crippen molar-refractivity contribution in [2.45, 2.75) is 110 Å². The van der Waals surface area contributed by atoms with E-state index in [1.807, 2.05) is 13.8 Å². The van der Waals surface area contributed by atoms with Crippen molar-refractivity contribution in [3.63, 3.8) is 0 Å². The number of unbranched alkanes of at least 4 members (excludes halogenated alkanes) is 1. The van der Waals surface area contributed by atoms with Crippen LogP contribution in [0.25, 0.3) is 0 Å². The second-order valence-electron chi connectivity index (χ2n) is 11.5. The maximum atomic E-state index is 13.3. The fourth-order valence-electron chi connectivity index (χ4n) is 3.96. The highest BCUT2D eigenvalue weighted by Gasteiger charge is 2.33. The molecule has 0 aliphatic carbocycles. The molecule has 0 radical (unpaired) electrons. The van der Waals surface area contributed by atoms with Crippen LogP contribution in [0.4, 0.5) is 0 Å². The molecule has 0 spiro atoms. The zero-order chi connectivity index (χ0) is 33.4. The molecule has 0 rings (SSSR count). The lowest BCUT2D eigenvalue weighted by Crippen LogP contribution is -2.60. The second-order valence-corrected chi connectivity index (χ2v) is 11.9. The standard InChI is InChI=1S/C28H53N7O7S/c1-8-16(6)20(30)25(38)32-18(11-9-10-12-29)24(37)35-21(14(2)3)26(39)31-17(7)23(36)34-22(15(4)5)27(40)33-19(13-43)28(41)42/h14-22,43H,8-13,29-30H2,1-7H3,(H,31,39)(H,32,38)(H,33,40)(H,34,36)(H,35,37)(H,41,42)/t16-,17-,18-,19-,20-,21-,22-/m0/s1. The summed E-state index contributed by atoms with van der Waals surface area (Å²) < 4.78 is 0. The summed E-state index contributed by atoms with van der Waals surface area (Å²) in [6.45, 7) is 12.4. The molecule has 14 nitrogen and oxygen atoms in total. The third-order valence-corrected chi connectivity index (χ3v) is 7.55. The first-order valence-electron chi connectivity index (χ1n) is 14.8. The molecule has 0 bridgehead atoms. The maximum absolute atomic E-state index is 13.3. The molecule has 0 fully saturated rings. The van der Waals surface area contributed by atoms with Crippen LogP contribution in [0.15, 0.2) is 0 Å². The molecule has 0 saturated heterocycles. The number of nitrogens with two attached hydrogens (primary N) is 2. The molecule has 0 aromatic rings. The van der Waals surface area contributed by atoms with Crippen molar-refractivity contribution in [1.29, 1.82) is 0 Å². The lowest BCUT2D eigenvalue weighted by molar-refractivity contribution is -0.142. The molecule has 0 aromatic heterocycles. The predicted molar refractivity (Wildman–Crippen MR) is 167 cm³/mol. The number of thiol groups is 1. The average molecular weight is 632 g/mol. The molecule has 10 N–H and O–H groups in total. The van der Waals surface area contributed by atoms with Crippen LogP contribution in [-0.2, 0) is 28.8 Å². The van der Waals surface area contributed by atoms with E-state index in [4.69, 9.17) is 11.5 Å². The van der Waals surface area contributed by atoms with E-state index >= 15 is 0 Å². The van der Waals surface area contributed by atoms with E-state index in [2.05, 4.69) is 39.2 Å². The minimum Gasteiger partial charge on any atom is -0.480 e. The Labute approximate surface area is 260 Å². The number of hydrogen-bond donors (Lipinski definition) is 9. The highest BCUT2D eigenvalue weighted by Crippen LogP contribution is 2.10. The minimum absolute atomic E-state index is 0.0995. The van der Waals surface area contributed by atoms with Gasteiger partial charge in [0, 0.05) is 5.75 Å². The molecule has 0 aromatic carbocycles. The minimum atomic E-state index is -1.26. The zero-order valence-corrected chi connectivity index (χ0v) is 27.3. The van der Waals surface area contributed by atoms with Crippen LogP contribution in [0.1, 0.15) is 74.1 Å². The average Bonchev–Trinajstić information content (AvgIpc) is 2.94. The Morgan fingerprint density at radius 2 is 1.19 bits per heavy atom. The maximum Gasteiger partial charge on any atom is 0.327 e. The van der Waals surface area contributed by atoms with Gasteiger partial charge in [-0.3, -0.25) is 24.0 Å². The number of nitrogens with one attached hydrogen (secondary N) is 5. The summed E-state index contributed by atoms with van der Waals surface area (Å²) in [4.78, 5) is 76.1. The Morgan fingerprint density at radius 3 is 1.63 bits per heavy atom. The molecule has 43 heavy (non-hydrogen) atoms. The monoisotopic (exact) mass is 631 g/mol. The number of carboxylic acids is 1. The third kappa shape index (κ3) is 13.9. The summed E-state index contributed by atoms with van der Waals surface area (Å²) >= 11 is 3.93. The van der Waals surface area contributed by atoms with Crippen molar-refractivity contribution in [1.82, 2.24) is 26.6 Å². The van der Waals surface area contributed by atoms with Crippen molar-refractivity contribution in [3.8, 4) is 0 Å². The Kier molecular flexibility index (Phi) is 18.8. The lowest BCUT2D eigenvalue weighted by atomic mass is 9.98. The van der Waals surface area contributed by atoms with E-state index in [1.54, 1.807) is 27.7 Å². The molecular formula is C28H53N7O7S. The van der Waals surface area contributed by atoms with Gasteiger partial charge in [-0.1, -0.05) is 48.0 Å². The smallest absolute Gasteiger partial charge is 0.327 e. The van der Waals surface area contributed by atoms with Crippen LogP contribution in [-0.4, -0.2) is 89.2 Å². The number of aliphatic carboxylic acids is 1. The largest absolute Gasteiger partial charge is 0.480 e. The van der Waals surface area contributed by atoms with Gasteiger partial charge in [0.1, 0.15) is 30.2 Å². The van der Waals surface area contributed by atoms with Gasteiger partial charge < -0.3 is 43.2 Å². The molecule has 5 amide bonds. The number of carbonyl (C=O) groups is 6. The van der Waals surface area contributed by atoms with Crippen molar-refractivity contribution in [2.24, 2.45) is 29.2 Å². The van der Waals surface area contributed by atoms with Crippen LogP contribution >= 0.6 is 12.6 Å². The summed E-state index contributed by atoms with van der Waals surface area (Å²) in [5.41, 5.74) is 11.6. The Bertz CT molecular complexity index is 950. The first-order valence-corrected chi connectivity index (χ1v) is 15.5. The van der Waals surface area contributed by atoms with Crippen molar-refractivity contribution in [2.75, 3.05) is 12.3 Å². The molecule has 248 valence electrons. The van der Waals surface area contributed by atoms with E-state index in [9.17, 15) is 33.9 Å². The lowest BCUT2D eigenvalue weighted by Gasteiger charge is -2.28. The third-order valence-electron chi connectivity index (χ3n) is 7.18. The second kappa shape index (κ2) is 20.1. The normalized spacial score (nSPS) is 16.2. The Balaban J connectivity index is 5.58. The van der Waals surface area contributed by atoms with Crippen LogP contribution < -0.4 is 38.1 Å². The topological polar surface area (TPSA) is 235 Å². The van der Waals surface area contributed by atoms with Gasteiger partial charge in [0.2, 0.25) is 29.5 Å².